The normalized spacial score (nSPS) is 12.0. The maximum absolute atomic E-state index is 13.8. The molecule has 0 spiro atoms. The van der Waals surface area contributed by atoms with Crippen LogP contribution in [0.3, 0.4) is 0 Å². The van der Waals surface area contributed by atoms with Gasteiger partial charge in [-0.25, -0.2) is 9.87 Å². The van der Waals surface area contributed by atoms with Crippen LogP contribution < -0.4 is 10.8 Å². The predicted octanol–water partition coefficient (Wildman–Crippen LogP) is 4.72. The van der Waals surface area contributed by atoms with Crippen molar-refractivity contribution in [1.82, 2.24) is 10.8 Å². The van der Waals surface area contributed by atoms with Gasteiger partial charge in [0.1, 0.15) is 5.82 Å². The van der Waals surface area contributed by atoms with Crippen LogP contribution in [0.1, 0.15) is 41.5 Å². The molecule has 2 rings (SSSR count). The fourth-order valence-electron chi connectivity index (χ4n) is 3.33. The van der Waals surface area contributed by atoms with Gasteiger partial charge in [-0.15, -0.1) is 0 Å². The highest BCUT2D eigenvalue weighted by Gasteiger charge is 2.19. The van der Waals surface area contributed by atoms with Crippen molar-refractivity contribution in [3.63, 3.8) is 0 Å². The van der Waals surface area contributed by atoms with Gasteiger partial charge in [0.2, 0.25) is 5.91 Å². The van der Waals surface area contributed by atoms with Crippen LogP contribution in [0.4, 0.5) is 4.39 Å². The van der Waals surface area contributed by atoms with E-state index in [0.29, 0.717) is 24.0 Å². The fraction of sp³-hybridized carbons (Fsp3) is 0.409. The Morgan fingerprint density at radius 3 is 2.36 bits per heavy atom. The van der Waals surface area contributed by atoms with Crippen molar-refractivity contribution in [3.05, 3.63) is 69.5 Å². The number of hydrogen-bond acceptors (Lipinski definition) is 3. The SMILES string of the molecule is Cc1cc(C[C@H](CCCCNCc2ccc(Cl)cc2)C(=O)NO)cc(C)c1F. The topological polar surface area (TPSA) is 61.4 Å². The first-order valence-electron chi connectivity index (χ1n) is 9.55. The molecule has 0 saturated carbocycles. The van der Waals surface area contributed by atoms with Gasteiger partial charge in [0.15, 0.2) is 0 Å². The fourth-order valence-corrected chi connectivity index (χ4v) is 3.46. The zero-order chi connectivity index (χ0) is 20.5. The van der Waals surface area contributed by atoms with Gasteiger partial charge in [-0.05, 0) is 74.0 Å². The minimum Gasteiger partial charge on any atom is -0.313 e. The summed E-state index contributed by atoms with van der Waals surface area (Å²) >= 11 is 5.87. The van der Waals surface area contributed by atoms with Gasteiger partial charge >= 0.3 is 0 Å². The van der Waals surface area contributed by atoms with E-state index in [2.05, 4.69) is 5.32 Å². The van der Waals surface area contributed by atoms with Gasteiger partial charge in [-0.1, -0.05) is 42.3 Å². The van der Waals surface area contributed by atoms with Crippen LogP contribution in [0.2, 0.25) is 5.02 Å². The molecule has 0 fully saturated rings. The van der Waals surface area contributed by atoms with Crippen molar-refractivity contribution in [2.75, 3.05) is 6.54 Å². The number of nitrogens with one attached hydrogen (secondary N) is 2. The number of aryl methyl sites for hydroxylation is 2. The number of unbranched alkanes of at least 4 members (excludes halogenated alkanes) is 1. The Morgan fingerprint density at radius 1 is 1.11 bits per heavy atom. The van der Waals surface area contributed by atoms with Crippen LogP contribution in [-0.2, 0) is 17.8 Å². The van der Waals surface area contributed by atoms with Crippen LogP contribution in [-0.4, -0.2) is 17.7 Å². The summed E-state index contributed by atoms with van der Waals surface area (Å²) in [4.78, 5) is 12.0. The summed E-state index contributed by atoms with van der Waals surface area (Å²) in [5.41, 5.74) is 4.99. The van der Waals surface area contributed by atoms with Gasteiger partial charge in [-0.2, -0.15) is 0 Å². The molecular formula is C22H28ClFN2O2. The molecule has 1 atom stereocenters. The lowest BCUT2D eigenvalue weighted by Gasteiger charge is -2.16. The average Bonchev–Trinajstić information content (AvgIpc) is 2.68. The lowest BCUT2D eigenvalue weighted by Crippen LogP contribution is -2.29. The molecule has 0 aliphatic carbocycles. The highest BCUT2D eigenvalue weighted by Crippen LogP contribution is 2.20. The third-order valence-corrected chi connectivity index (χ3v) is 5.11. The van der Waals surface area contributed by atoms with E-state index in [-0.39, 0.29) is 11.7 Å². The van der Waals surface area contributed by atoms with Crippen LogP contribution in [0.15, 0.2) is 36.4 Å². The number of rotatable bonds is 10. The van der Waals surface area contributed by atoms with Crippen molar-refractivity contribution < 1.29 is 14.4 Å². The Hall–Kier alpha value is -1.95. The second kappa shape index (κ2) is 11.1. The van der Waals surface area contributed by atoms with Gasteiger partial charge in [0.05, 0.1) is 0 Å². The molecular weight excluding hydrogens is 379 g/mol. The molecule has 0 bridgehead atoms. The highest BCUT2D eigenvalue weighted by atomic mass is 35.5. The standard InChI is InChI=1S/C22H28ClFN2O2/c1-15-11-18(12-16(2)21(15)24)13-19(22(27)26-28)5-3-4-10-25-14-17-6-8-20(23)9-7-17/h6-9,11-12,19,25,28H,3-5,10,13-14H2,1-2H3,(H,26,27)/t19-/m0/s1. The Balaban J connectivity index is 1.79. The quantitative estimate of drug-likeness (QED) is 0.304. The average molecular weight is 407 g/mol. The lowest BCUT2D eigenvalue weighted by molar-refractivity contribution is -0.133. The third kappa shape index (κ3) is 6.89. The largest absolute Gasteiger partial charge is 0.313 e. The summed E-state index contributed by atoms with van der Waals surface area (Å²) in [6.45, 7) is 5.05. The summed E-state index contributed by atoms with van der Waals surface area (Å²) < 4.78 is 13.8. The van der Waals surface area contributed by atoms with Gasteiger partial charge in [0, 0.05) is 17.5 Å². The van der Waals surface area contributed by atoms with E-state index in [9.17, 15) is 9.18 Å². The summed E-state index contributed by atoms with van der Waals surface area (Å²) in [7, 11) is 0. The van der Waals surface area contributed by atoms with Crippen LogP contribution in [0.5, 0.6) is 0 Å². The molecule has 1 amide bonds. The molecule has 4 nitrogen and oxygen atoms in total. The minimum absolute atomic E-state index is 0.210. The zero-order valence-corrected chi connectivity index (χ0v) is 17.2. The first-order valence-corrected chi connectivity index (χ1v) is 9.93. The third-order valence-electron chi connectivity index (χ3n) is 4.86. The molecule has 152 valence electrons. The summed E-state index contributed by atoms with van der Waals surface area (Å²) in [5, 5.41) is 13.1. The van der Waals surface area contributed by atoms with Gasteiger partial charge in [0.25, 0.3) is 0 Å². The molecule has 0 radical (unpaired) electrons. The van der Waals surface area contributed by atoms with E-state index in [4.69, 9.17) is 16.8 Å². The van der Waals surface area contributed by atoms with Gasteiger partial charge in [-0.3, -0.25) is 10.0 Å². The smallest absolute Gasteiger partial charge is 0.246 e. The first kappa shape index (κ1) is 22.3. The molecule has 0 aliphatic rings. The predicted molar refractivity (Wildman–Crippen MR) is 110 cm³/mol. The zero-order valence-electron chi connectivity index (χ0n) is 16.4. The lowest BCUT2D eigenvalue weighted by atomic mass is 9.91. The molecule has 2 aromatic carbocycles. The van der Waals surface area contributed by atoms with Crippen LogP contribution >= 0.6 is 11.6 Å². The summed E-state index contributed by atoms with van der Waals surface area (Å²) in [6, 6.07) is 11.3. The second-order valence-electron chi connectivity index (χ2n) is 7.22. The first-order chi connectivity index (χ1) is 13.4. The second-order valence-corrected chi connectivity index (χ2v) is 7.66. The van der Waals surface area contributed by atoms with Crippen molar-refractivity contribution >= 4 is 17.5 Å². The van der Waals surface area contributed by atoms with Crippen molar-refractivity contribution in [2.24, 2.45) is 5.92 Å². The molecule has 2 aromatic rings. The molecule has 28 heavy (non-hydrogen) atoms. The van der Waals surface area contributed by atoms with Gasteiger partial charge < -0.3 is 5.32 Å². The maximum Gasteiger partial charge on any atom is 0.246 e. The monoisotopic (exact) mass is 406 g/mol. The minimum atomic E-state index is -0.395. The number of halogens is 2. The Bertz CT molecular complexity index is 758. The number of hydrogen-bond donors (Lipinski definition) is 3. The number of amides is 1. The summed E-state index contributed by atoms with van der Waals surface area (Å²) in [6.07, 6.45) is 2.91. The van der Waals surface area contributed by atoms with E-state index < -0.39 is 5.91 Å². The molecule has 3 N–H and O–H groups in total. The van der Waals surface area contributed by atoms with Crippen LogP contribution in [0.25, 0.3) is 0 Å². The number of carbonyl (C=O) groups is 1. The van der Waals surface area contributed by atoms with E-state index in [1.807, 2.05) is 24.3 Å². The van der Waals surface area contributed by atoms with E-state index in [1.165, 1.54) is 5.56 Å². The van der Waals surface area contributed by atoms with Crippen molar-refractivity contribution in [2.45, 2.75) is 46.1 Å². The molecule has 0 unspecified atom stereocenters. The van der Waals surface area contributed by atoms with E-state index in [1.54, 1.807) is 31.5 Å². The number of benzene rings is 2. The molecule has 0 heterocycles. The maximum atomic E-state index is 13.8. The molecule has 0 saturated heterocycles. The van der Waals surface area contributed by atoms with Crippen LogP contribution in [0, 0.1) is 25.6 Å². The number of hydroxylamine groups is 1. The Labute approximate surface area is 171 Å². The van der Waals surface area contributed by atoms with E-state index in [0.717, 1.165) is 36.5 Å². The Kier molecular flexibility index (Phi) is 8.90. The van der Waals surface area contributed by atoms with Crippen molar-refractivity contribution in [3.8, 4) is 0 Å². The molecule has 0 aliphatic heterocycles. The Morgan fingerprint density at radius 2 is 1.75 bits per heavy atom. The number of carbonyl (C=O) groups excluding carboxylic acids is 1. The molecule has 0 aromatic heterocycles. The summed E-state index contributed by atoms with van der Waals surface area (Å²) in [5.74, 6) is -0.946. The highest BCUT2D eigenvalue weighted by molar-refractivity contribution is 6.30. The van der Waals surface area contributed by atoms with Crippen molar-refractivity contribution in [1.29, 1.82) is 0 Å². The van der Waals surface area contributed by atoms with E-state index >= 15 is 0 Å². The molecule has 6 heteroatoms.